The number of ether oxygens (including phenoxy) is 1. The number of rotatable bonds is 5. The highest BCUT2D eigenvalue weighted by Crippen LogP contribution is 2.37. The van der Waals surface area contributed by atoms with E-state index in [2.05, 4.69) is 10.00 Å². The lowest BCUT2D eigenvalue weighted by Gasteiger charge is -2.41. The molecule has 0 N–H and O–H groups in total. The van der Waals surface area contributed by atoms with Crippen molar-refractivity contribution >= 4 is 5.78 Å². The topological polar surface area (TPSA) is 47.4 Å². The summed E-state index contributed by atoms with van der Waals surface area (Å²) in [5.74, 6) is 0.732. The molecule has 1 fully saturated rings. The number of ketones is 1. The fourth-order valence-corrected chi connectivity index (χ4v) is 3.34. The van der Waals surface area contributed by atoms with Gasteiger partial charge in [-0.1, -0.05) is 19.3 Å². The van der Waals surface area contributed by atoms with Crippen molar-refractivity contribution in [3.05, 3.63) is 11.9 Å². The lowest BCUT2D eigenvalue weighted by molar-refractivity contribution is 0.0547. The van der Waals surface area contributed by atoms with Crippen LogP contribution in [0.5, 0.6) is 5.75 Å². The van der Waals surface area contributed by atoms with Crippen LogP contribution < -0.4 is 4.74 Å². The van der Waals surface area contributed by atoms with Crippen LogP contribution in [0.25, 0.3) is 0 Å². The zero-order valence-electron chi connectivity index (χ0n) is 13.8. The summed E-state index contributed by atoms with van der Waals surface area (Å²) >= 11 is 0. The first-order valence-electron chi connectivity index (χ1n) is 7.78. The molecule has 2 rings (SSSR count). The van der Waals surface area contributed by atoms with Gasteiger partial charge >= 0.3 is 0 Å². The van der Waals surface area contributed by atoms with Gasteiger partial charge in [0.25, 0.3) is 0 Å². The predicted octanol–water partition coefficient (Wildman–Crippen LogP) is 2.92. The number of carbonyl (C=O) groups excluding carboxylic acids is 1. The summed E-state index contributed by atoms with van der Waals surface area (Å²) in [6.45, 7) is 4.07. The monoisotopic (exact) mass is 293 g/mol. The van der Waals surface area contributed by atoms with Crippen LogP contribution in [-0.2, 0) is 0 Å². The molecule has 0 saturated heterocycles. The maximum atomic E-state index is 13.3. The molecule has 0 bridgehead atoms. The number of methoxy groups -OCH3 is 1. The minimum Gasteiger partial charge on any atom is -0.493 e. The Morgan fingerprint density at radius 1 is 1.33 bits per heavy atom. The van der Waals surface area contributed by atoms with E-state index in [1.54, 1.807) is 18.0 Å². The lowest BCUT2D eigenvalue weighted by Crippen LogP contribution is -2.53. The lowest BCUT2D eigenvalue weighted by atomic mass is 9.76. The minimum absolute atomic E-state index is 0.135. The highest BCUT2D eigenvalue weighted by molar-refractivity contribution is 6.04. The van der Waals surface area contributed by atoms with Crippen molar-refractivity contribution < 1.29 is 9.53 Å². The van der Waals surface area contributed by atoms with Crippen molar-refractivity contribution in [1.29, 1.82) is 0 Å². The van der Waals surface area contributed by atoms with Crippen molar-refractivity contribution in [3.8, 4) is 5.75 Å². The van der Waals surface area contributed by atoms with E-state index in [4.69, 9.17) is 4.74 Å². The van der Waals surface area contributed by atoms with Gasteiger partial charge in [0, 0.05) is 6.04 Å². The van der Waals surface area contributed by atoms with Crippen LogP contribution in [0.1, 0.15) is 62.5 Å². The maximum Gasteiger partial charge on any atom is 0.204 e. The first-order valence-corrected chi connectivity index (χ1v) is 7.78. The van der Waals surface area contributed by atoms with Crippen LogP contribution in [0, 0.1) is 0 Å². The van der Waals surface area contributed by atoms with Crippen LogP contribution in [-0.4, -0.2) is 47.2 Å². The van der Waals surface area contributed by atoms with Crippen LogP contribution in [0.3, 0.4) is 0 Å². The molecule has 1 aromatic heterocycles. The summed E-state index contributed by atoms with van der Waals surface area (Å²) in [5, 5.41) is 4.35. The number of hydrogen-bond donors (Lipinski definition) is 0. The van der Waals surface area contributed by atoms with Gasteiger partial charge in [0.1, 0.15) is 5.69 Å². The molecule has 1 aromatic rings. The predicted molar refractivity (Wildman–Crippen MR) is 83.0 cm³/mol. The second-order valence-electron chi connectivity index (χ2n) is 6.42. The number of likely N-dealkylation sites (N-methyl/N-ethyl adjacent to an activating group) is 1. The molecule has 0 aromatic carbocycles. The molecule has 118 valence electrons. The van der Waals surface area contributed by atoms with Crippen LogP contribution >= 0.6 is 0 Å². The van der Waals surface area contributed by atoms with Gasteiger partial charge in [0.15, 0.2) is 5.75 Å². The average molecular weight is 293 g/mol. The Bertz CT molecular complexity index is 500. The normalized spacial score (nSPS) is 18.2. The van der Waals surface area contributed by atoms with Crippen molar-refractivity contribution in [3.63, 3.8) is 0 Å². The van der Waals surface area contributed by atoms with Crippen molar-refractivity contribution in [2.75, 3.05) is 21.2 Å². The Labute approximate surface area is 127 Å². The van der Waals surface area contributed by atoms with E-state index in [1.165, 1.54) is 6.42 Å². The zero-order chi connectivity index (χ0) is 15.6. The number of hydrogen-bond acceptors (Lipinski definition) is 4. The quantitative estimate of drug-likeness (QED) is 0.783. The molecule has 1 heterocycles. The molecule has 0 aliphatic heterocycles. The fourth-order valence-electron chi connectivity index (χ4n) is 3.34. The van der Waals surface area contributed by atoms with E-state index in [0.29, 0.717) is 11.4 Å². The van der Waals surface area contributed by atoms with E-state index in [-0.39, 0.29) is 11.8 Å². The minimum atomic E-state index is -0.418. The van der Waals surface area contributed by atoms with Crippen molar-refractivity contribution in [1.82, 2.24) is 14.7 Å². The van der Waals surface area contributed by atoms with Gasteiger partial charge < -0.3 is 4.74 Å². The van der Waals surface area contributed by atoms with Crippen molar-refractivity contribution in [2.45, 2.75) is 57.5 Å². The smallest absolute Gasteiger partial charge is 0.204 e. The molecular formula is C16H27N3O2. The molecule has 1 aliphatic rings. The van der Waals surface area contributed by atoms with Gasteiger partial charge in [-0.2, -0.15) is 5.10 Å². The molecule has 5 heteroatoms. The Balaban J connectivity index is 2.48. The molecular weight excluding hydrogens is 266 g/mol. The third-order valence-electron chi connectivity index (χ3n) is 4.65. The Hall–Kier alpha value is -1.36. The van der Waals surface area contributed by atoms with Gasteiger partial charge in [0.05, 0.1) is 18.8 Å². The van der Waals surface area contributed by atoms with Gasteiger partial charge in [-0.15, -0.1) is 0 Å². The van der Waals surface area contributed by atoms with E-state index in [0.717, 1.165) is 25.7 Å². The second kappa shape index (κ2) is 6.18. The van der Waals surface area contributed by atoms with Crippen LogP contribution in [0.2, 0.25) is 0 Å². The van der Waals surface area contributed by atoms with Gasteiger partial charge in [-0.3, -0.25) is 14.4 Å². The fraction of sp³-hybridized carbons (Fsp3) is 0.750. The second-order valence-corrected chi connectivity index (χ2v) is 6.42. The first kappa shape index (κ1) is 16.0. The van der Waals surface area contributed by atoms with Gasteiger partial charge in [0.2, 0.25) is 5.78 Å². The van der Waals surface area contributed by atoms with E-state index >= 15 is 0 Å². The third kappa shape index (κ3) is 2.71. The molecule has 1 aliphatic carbocycles. The van der Waals surface area contributed by atoms with E-state index in [1.807, 2.05) is 27.9 Å². The Morgan fingerprint density at radius 2 is 1.95 bits per heavy atom. The summed E-state index contributed by atoms with van der Waals surface area (Å²) in [6, 6.07) is 0.135. The van der Waals surface area contributed by atoms with Crippen molar-refractivity contribution in [2.24, 2.45) is 0 Å². The average Bonchev–Trinajstić information content (AvgIpc) is 2.90. The van der Waals surface area contributed by atoms with Crippen LogP contribution in [0.4, 0.5) is 0 Å². The molecule has 5 nitrogen and oxygen atoms in total. The molecule has 21 heavy (non-hydrogen) atoms. The number of carbonyl (C=O) groups is 1. The Morgan fingerprint density at radius 3 is 2.43 bits per heavy atom. The van der Waals surface area contributed by atoms with Crippen LogP contribution in [0.15, 0.2) is 6.20 Å². The summed E-state index contributed by atoms with van der Waals surface area (Å²) in [4.78, 5) is 15.4. The number of Topliss-reactive ketones (excluding diaryl/α,β-unsaturated/α-hetero) is 1. The molecule has 0 spiro atoms. The molecule has 0 radical (unpaired) electrons. The van der Waals surface area contributed by atoms with E-state index < -0.39 is 5.54 Å². The number of aromatic nitrogens is 2. The number of nitrogens with zero attached hydrogens (tertiary/aromatic N) is 3. The summed E-state index contributed by atoms with van der Waals surface area (Å²) in [6.07, 6.45) is 6.88. The molecule has 0 atom stereocenters. The Kier molecular flexibility index (Phi) is 4.71. The maximum absolute atomic E-state index is 13.3. The molecule has 0 amide bonds. The zero-order valence-corrected chi connectivity index (χ0v) is 13.8. The first-order chi connectivity index (χ1) is 9.94. The standard InChI is InChI=1S/C16H27N3O2/c1-12(2)19-14(13(21-5)11-17-19)15(20)16(18(3)4)9-7-6-8-10-16/h11-12H,6-10H2,1-5H3. The molecule has 0 unspecified atom stereocenters. The third-order valence-corrected chi connectivity index (χ3v) is 4.65. The van der Waals surface area contributed by atoms with Gasteiger partial charge in [-0.25, -0.2) is 0 Å². The highest BCUT2D eigenvalue weighted by Gasteiger charge is 2.44. The SMILES string of the molecule is COc1cnn(C(C)C)c1C(=O)C1(N(C)C)CCCCC1. The van der Waals surface area contributed by atoms with Gasteiger partial charge in [-0.05, 0) is 40.8 Å². The van der Waals surface area contributed by atoms with E-state index in [9.17, 15) is 4.79 Å². The summed E-state index contributed by atoms with van der Waals surface area (Å²) in [7, 11) is 5.61. The molecule has 1 saturated carbocycles. The summed E-state index contributed by atoms with van der Waals surface area (Å²) in [5.41, 5.74) is 0.196. The summed E-state index contributed by atoms with van der Waals surface area (Å²) < 4.78 is 7.18. The highest BCUT2D eigenvalue weighted by atomic mass is 16.5. The largest absolute Gasteiger partial charge is 0.493 e.